The van der Waals surface area contributed by atoms with Crippen LogP contribution in [-0.2, 0) is 12.1 Å². The molecule has 114 valence electrons. The molecule has 2 amide bonds. The van der Waals surface area contributed by atoms with E-state index >= 15 is 0 Å². The van der Waals surface area contributed by atoms with Crippen LogP contribution >= 0.6 is 0 Å². The van der Waals surface area contributed by atoms with Gasteiger partial charge in [0.1, 0.15) is 11.4 Å². The molecule has 0 aliphatic carbocycles. The molecule has 0 aliphatic rings. The molecule has 2 rings (SSSR count). The summed E-state index contributed by atoms with van der Waals surface area (Å²) in [4.78, 5) is 11.8. The Morgan fingerprint density at radius 1 is 1.36 bits per heavy atom. The van der Waals surface area contributed by atoms with Gasteiger partial charge in [-0.15, -0.1) is 0 Å². The minimum absolute atomic E-state index is 0.0184. The quantitative estimate of drug-likeness (QED) is 0.784. The number of nitrogens with one attached hydrogen (secondary N) is 2. The Labute approximate surface area is 128 Å². The second-order valence-electron chi connectivity index (χ2n) is 5.10. The number of nitrogens with zero attached hydrogens (tertiary/aromatic N) is 1. The maximum atomic E-state index is 11.8. The summed E-state index contributed by atoms with van der Waals surface area (Å²) in [5.41, 5.74) is 0.0918. The van der Waals surface area contributed by atoms with Gasteiger partial charge in [0.05, 0.1) is 24.4 Å². The fourth-order valence-electron chi connectivity index (χ4n) is 1.92. The number of urea groups is 1. The molecule has 1 unspecified atom stereocenters. The van der Waals surface area contributed by atoms with Crippen molar-refractivity contribution in [2.75, 3.05) is 6.54 Å². The lowest BCUT2D eigenvalue weighted by molar-refractivity contribution is 0.0367. The summed E-state index contributed by atoms with van der Waals surface area (Å²) in [6.45, 7) is 1.87. The van der Waals surface area contributed by atoms with E-state index in [9.17, 15) is 9.90 Å². The van der Waals surface area contributed by atoms with Crippen molar-refractivity contribution in [3.8, 4) is 6.07 Å². The van der Waals surface area contributed by atoms with Crippen LogP contribution in [0.3, 0.4) is 0 Å². The van der Waals surface area contributed by atoms with Crippen LogP contribution in [0.15, 0.2) is 47.1 Å². The van der Waals surface area contributed by atoms with E-state index in [-0.39, 0.29) is 6.54 Å². The highest BCUT2D eigenvalue weighted by atomic mass is 16.4. The van der Waals surface area contributed by atoms with E-state index in [4.69, 9.17) is 9.68 Å². The molecule has 0 radical (unpaired) electrons. The van der Waals surface area contributed by atoms with Gasteiger partial charge in [0, 0.05) is 6.54 Å². The highest BCUT2D eigenvalue weighted by Gasteiger charge is 2.26. The SMILES string of the molecule is CC(O)(CNC(=O)NCc1cccc(C#N)c1)c1ccco1. The Hall–Kier alpha value is -2.78. The molecule has 6 heteroatoms. The van der Waals surface area contributed by atoms with Gasteiger partial charge >= 0.3 is 6.03 Å². The molecular formula is C16H17N3O3. The molecule has 1 atom stereocenters. The van der Waals surface area contributed by atoms with E-state index in [1.165, 1.54) is 6.26 Å². The van der Waals surface area contributed by atoms with Gasteiger partial charge in [-0.2, -0.15) is 5.26 Å². The fourth-order valence-corrected chi connectivity index (χ4v) is 1.92. The van der Waals surface area contributed by atoms with Crippen LogP contribution in [-0.4, -0.2) is 17.7 Å². The number of rotatable bonds is 5. The first-order valence-electron chi connectivity index (χ1n) is 6.78. The largest absolute Gasteiger partial charge is 0.466 e. The average Bonchev–Trinajstić information content (AvgIpc) is 3.06. The summed E-state index contributed by atoms with van der Waals surface area (Å²) in [7, 11) is 0. The minimum atomic E-state index is -1.28. The Morgan fingerprint density at radius 3 is 2.86 bits per heavy atom. The summed E-state index contributed by atoms with van der Waals surface area (Å²) in [5.74, 6) is 0.384. The van der Waals surface area contributed by atoms with Crippen molar-refractivity contribution in [1.29, 1.82) is 5.26 Å². The summed E-state index contributed by atoms with van der Waals surface area (Å²) < 4.78 is 5.13. The van der Waals surface area contributed by atoms with Gasteiger partial charge in [-0.25, -0.2) is 4.79 Å². The highest BCUT2D eigenvalue weighted by Crippen LogP contribution is 2.19. The molecule has 2 aromatic rings. The lowest BCUT2D eigenvalue weighted by Crippen LogP contribution is -2.43. The number of nitriles is 1. The second kappa shape index (κ2) is 6.78. The zero-order valence-corrected chi connectivity index (χ0v) is 12.2. The Kier molecular flexibility index (Phi) is 4.81. The average molecular weight is 299 g/mol. The van der Waals surface area contributed by atoms with Crippen LogP contribution in [0.25, 0.3) is 0 Å². The van der Waals surface area contributed by atoms with E-state index in [1.807, 2.05) is 12.1 Å². The van der Waals surface area contributed by atoms with Crippen molar-refractivity contribution in [1.82, 2.24) is 10.6 Å². The Balaban J connectivity index is 1.82. The second-order valence-corrected chi connectivity index (χ2v) is 5.10. The molecule has 1 aromatic heterocycles. The predicted molar refractivity (Wildman–Crippen MR) is 79.7 cm³/mol. The molecule has 0 fully saturated rings. The number of aliphatic hydroxyl groups is 1. The van der Waals surface area contributed by atoms with Gasteiger partial charge in [-0.1, -0.05) is 12.1 Å². The Morgan fingerprint density at radius 2 is 2.18 bits per heavy atom. The van der Waals surface area contributed by atoms with Crippen LogP contribution in [0, 0.1) is 11.3 Å². The number of hydrogen-bond donors (Lipinski definition) is 3. The van der Waals surface area contributed by atoms with Crippen molar-refractivity contribution in [3.63, 3.8) is 0 Å². The maximum absolute atomic E-state index is 11.8. The van der Waals surface area contributed by atoms with E-state index in [0.29, 0.717) is 17.9 Å². The van der Waals surface area contributed by atoms with Crippen LogP contribution in [0.2, 0.25) is 0 Å². The van der Waals surface area contributed by atoms with E-state index in [0.717, 1.165) is 5.56 Å². The normalized spacial score (nSPS) is 13.0. The molecule has 0 saturated heterocycles. The van der Waals surface area contributed by atoms with Crippen LogP contribution < -0.4 is 10.6 Å². The topological polar surface area (TPSA) is 98.3 Å². The standard InChI is InChI=1S/C16H17N3O3/c1-16(21,14-6-3-7-22-14)11-19-15(20)18-10-13-5-2-4-12(8-13)9-17/h2-8,21H,10-11H2,1H3,(H2,18,19,20). The van der Waals surface area contributed by atoms with Gasteiger partial charge in [-0.05, 0) is 36.8 Å². The van der Waals surface area contributed by atoms with Crippen LogP contribution in [0.5, 0.6) is 0 Å². The van der Waals surface area contributed by atoms with Crippen molar-refractivity contribution in [2.24, 2.45) is 0 Å². The van der Waals surface area contributed by atoms with Gasteiger partial charge in [-0.3, -0.25) is 0 Å². The monoisotopic (exact) mass is 299 g/mol. The summed E-state index contributed by atoms with van der Waals surface area (Å²) in [6, 6.07) is 11.9. The number of furan rings is 1. The molecule has 22 heavy (non-hydrogen) atoms. The molecule has 0 saturated carbocycles. The number of benzene rings is 1. The van der Waals surface area contributed by atoms with Crippen molar-refractivity contribution < 1.29 is 14.3 Å². The van der Waals surface area contributed by atoms with Crippen LogP contribution in [0.4, 0.5) is 4.79 Å². The molecule has 3 N–H and O–H groups in total. The third-order valence-electron chi connectivity index (χ3n) is 3.15. The molecule has 0 spiro atoms. The van der Waals surface area contributed by atoms with E-state index < -0.39 is 11.6 Å². The zero-order valence-electron chi connectivity index (χ0n) is 12.2. The van der Waals surface area contributed by atoms with E-state index in [2.05, 4.69) is 10.6 Å². The maximum Gasteiger partial charge on any atom is 0.315 e. The summed E-state index contributed by atoms with van der Waals surface area (Å²) in [6.07, 6.45) is 1.46. The number of carbonyl (C=O) groups is 1. The van der Waals surface area contributed by atoms with Gasteiger partial charge in [0.15, 0.2) is 0 Å². The summed E-state index contributed by atoms with van der Waals surface area (Å²) >= 11 is 0. The minimum Gasteiger partial charge on any atom is -0.466 e. The van der Waals surface area contributed by atoms with Crippen LogP contribution in [0.1, 0.15) is 23.8 Å². The zero-order chi connectivity index (χ0) is 16.0. The van der Waals surface area contributed by atoms with E-state index in [1.54, 1.807) is 37.3 Å². The molecule has 6 nitrogen and oxygen atoms in total. The number of hydrogen-bond acceptors (Lipinski definition) is 4. The number of carbonyl (C=O) groups excluding carboxylic acids is 1. The Bertz CT molecular complexity index is 672. The predicted octanol–water partition coefficient (Wildman–Crippen LogP) is 1.86. The molecule has 1 heterocycles. The molecule has 1 aromatic carbocycles. The first kappa shape index (κ1) is 15.6. The van der Waals surface area contributed by atoms with Gasteiger partial charge in [0.2, 0.25) is 0 Å². The molecule has 0 aliphatic heterocycles. The smallest absolute Gasteiger partial charge is 0.315 e. The van der Waals surface area contributed by atoms with Gasteiger partial charge < -0.3 is 20.2 Å². The van der Waals surface area contributed by atoms with Crippen molar-refractivity contribution >= 4 is 6.03 Å². The van der Waals surface area contributed by atoms with Crippen molar-refractivity contribution in [3.05, 3.63) is 59.5 Å². The third kappa shape index (κ3) is 4.11. The third-order valence-corrected chi connectivity index (χ3v) is 3.15. The first-order chi connectivity index (χ1) is 10.5. The lowest BCUT2D eigenvalue weighted by Gasteiger charge is -2.21. The molecule has 0 bridgehead atoms. The lowest BCUT2D eigenvalue weighted by atomic mass is 10.0. The first-order valence-corrected chi connectivity index (χ1v) is 6.78. The molecular weight excluding hydrogens is 282 g/mol. The number of amides is 2. The fraction of sp³-hybridized carbons (Fsp3) is 0.250. The van der Waals surface area contributed by atoms with Gasteiger partial charge in [0.25, 0.3) is 0 Å². The summed E-state index contributed by atoms with van der Waals surface area (Å²) in [5, 5.41) is 24.3. The highest BCUT2D eigenvalue weighted by molar-refractivity contribution is 5.73. The van der Waals surface area contributed by atoms with Crippen molar-refractivity contribution in [2.45, 2.75) is 19.1 Å².